The van der Waals surface area contributed by atoms with Gasteiger partial charge in [0.05, 0.1) is 322 Å². The first-order valence-electron chi connectivity index (χ1n) is 32.1. The highest BCUT2D eigenvalue weighted by Crippen LogP contribution is 2.32. The molecule has 0 aliphatic heterocycles. The van der Waals surface area contributed by atoms with Gasteiger partial charge in [0.1, 0.15) is 0 Å². The fourth-order valence-electron chi connectivity index (χ4n) is 8.71. The average Bonchev–Trinajstić information content (AvgIpc) is 1.66. The summed E-state index contributed by atoms with van der Waals surface area (Å²) in [4.78, 5) is 54.2. The summed E-state index contributed by atoms with van der Waals surface area (Å²) in [5.41, 5.74) is 9.76. The molecule has 4 aromatic rings. The minimum absolute atomic E-state index is 0.0144. The fraction of sp³-hybridized carbons (Fsp3) is 0.750. The van der Waals surface area contributed by atoms with E-state index in [0.717, 1.165) is 4.57 Å². The summed E-state index contributed by atoms with van der Waals surface area (Å²) >= 11 is 0. The SMILES string of the molecule is COCCOCCOCCOCCOCCOCCOCCOCCOCCOCCOCCOCCOCCOCCOCCOCCOCCOCCOCCOCC(C)OCC(C)OCC(C)n1c(=O)c2c(N)c3c(=O)c4ccccc4c(=O)c3c(N)c2c1=O. The quantitative estimate of drug-likeness (QED) is 0.0275. The first-order chi connectivity index (χ1) is 45.6. The van der Waals surface area contributed by atoms with Crippen molar-refractivity contribution in [1.29, 1.82) is 0 Å². The van der Waals surface area contributed by atoms with Crippen molar-refractivity contribution in [2.24, 2.45) is 0 Å². The lowest BCUT2D eigenvalue weighted by Crippen LogP contribution is -2.33. The van der Waals surface area contributed by atoms with Crippen molar-refractivity contribution < 1.29 is 104 Å². The predicted molar refractivity (Wildman–Crippen MR) is 346 cm³/mol. The maximum Gasteiger partial charge on any atom is 0.264 e. The van der Waals surface area contributed by atoms with E-state index in [9.17, 15) is 19.2 Å². The summed E-state index contributed by atoms with van der Waals surface area (Å²) in [5.74, 6) is 0. The largest absolute Gasteiger partial charge is 0.397 e. The number of fused-ring (bicyclic) bond motifs is 3. The van der Waals surface area contributed by atoms with E-state index in [2.05, 4.69) is 0 Å². The van der Waals surface area contributed by atoms with Crippen LogP contribution in [0.25, 0.3) is 32.3 Å². The summed E-state index contributed by atoms with van der Waals surface area (Å²) in [6, 6.07) is 5.54. The van der Waals surface area contributed by atoms with Crippen LogP contribution in [0.1, 0.15) is 26.8 Å². The van der Waals surface area contributed by atoms with Gasteiger partial charge in [0, 0.05) is 17.9 Å². The van der Waals surface area contributed by atoms with Crippen molar-refractivity contribution in [3.05, 3.63) is 65.4 Å². The minimum atomic E-state index is -0.732. The second-order valence-electron chi connectivity index (χ2n) is 20.7. The Balaban J connectivity index is 0.780. The van der Waals surface area contributed by atoms with Gasteiger partial charge in [-0.25, -0.2) is 0 Å². The van der Waals surface area contributed by atoms with Gasteiger partial charge in [0.25, 0.3) is 11.1 Å². The van der Waals surface area contributed by atoms with E-state index in [1.807, 2.05) is 6.92 Å². The highest BCUT2D eigenvalue weighted by Gasteiger charge is 2.27. The van der Waals surface area contributed by atoms with Crippen LogP contribution in [0.3, 0.4) is 0 Å². The Morgan fingerprint density at radius 1 is 0.301 bits per heavy atom. The van der Waals surface area contributed by atoms with Gasteiger partial charge in [0.15, 0.2) is 10.9 Å². The molecule has 0 aliphatic carbocycles. The number of nitrogens with two attached hydrogens (primary N) is 2. The van der Waals surface area contributed by atoms with Crippen LogP contribution in [0.4, 0.5) is 11.4 Å². The van der Waals surface area contributed by atoms with Gasteiger partial charge in [-0.2, -0.15) is 0 Å². The number of methoxy groups -OCH3 is 1. The third-order valence-corrected chi connectivity index (χ3v) is 13.5. The highest BCUT2D eigenvalue weighted by atomic mass is 16.6. The van der Waals surface area contributed by atoms with Crippen LogP contribution in [-0.2, 0) is 104 Å². The van der Waals surface area contributed by atoms with E-state index < -0.39 is 34.1 Å². The molecule has 3 unspecified atom stereocenters. The van der Waals surface area contributed by atoms with Crippen LogP contribution in [0.2, 0.25) is 0 Å². The topological polar surface area (TPSA) is 328 Å². The lowest BCUT2D eigenvalue weighted by atomic mass is 9.97. The molecule has 0 amide bonds. The van der Waals surface area contributed by atoms with E-state index in [1.54, 1.807) is 33.1 Å². The van der Waals surface area contributed by atoms with Crippen LogP contribution in [0.5, 0.6) is 0 Å². The first-order valence-corrected chi connectivity index (χ1v) is 32.1. The van der Waals surface area contributed by atoms with Crippen LogP contribution < -0.4 is 33.4 Å². The van der Waals surface area contributed by atoms with Crippen LogP contribution >= 0.6 is 0 Å². The van der Waals surface area contributed by atoms with E-state index >= 15 is 0 Å². The van der Waals surface area contributed by atoms with E-state index in [0.29, 0.717) is 258 Å². The molecule has 0 fully saturated rings. The minimum Gasteiger partial charge on any atom is -0.397 e. The first kappa shape index (κ1) is 81.1. The zero-order chi connectivity index (χ0) is 66.6. The fourth-order valence-corrected chi connectivity index (χ4v) is 8.71. The normalized spacial score (nSPS) is 13.0. The van der Waals surface area contributed by atoms with Crippen LogP contribution in [-0.4, -0.2) is 295 Å². The van der Waals surface area contributed by atoms with Crippen molar-refractivity contribution in [3.63, 3.8) is 0 Å². The molecule has 0 radical (unpaired) electrons. The van der Waals surface area contributed by atoms with Gasteiger partial charge in [-0.3, -0.25) is 23.7 Å². The maximum atomic E-state index is 13.6. The van der Waals surface area contributed by atoms with Gasteiger partial charge in [0.2, 0.25) is 0 Å². The molecular formula is C64H105N3O26. The Bertz CT molecular complexity index is 2610. The molecule has 93 heavy (non-hydrogen) atoms. The Labute approximate surface area is 544 Å². The molecule has 0 aliphatic rings. The zero-order valence-electron chi connectivity index (χ0n) is 55.2. The van der Waals surface area contributed by atoms with Gasteiger partial charge >= 0.3 is 0 Å². The Morgan fingerprint density at radius 2 is 0.516 bits per heavy atom. The molecule has 4 rings (SSSR count). The summed E-state index contributed by atoms with van der Waals surface area (Å²) in [6.07, 6.45) is -0.638. The summed E-state index contributed by atoms with van der Waals surface area (Å²) in [5, 5.41) is -0.393. The van der Waals surface area contributed by atoms with Crippen molar-refractivity contribution in [3.8, 4) is 0 Å². The molecular weight excluding hydrogens is 1230 g/mol. The number of nitrogen functional groups attached to an aromatic ring is 2. The molecule has 1 aromatic heterocycles. The predicted octanol–water partition coefficient (Wildman–Crippen LogP) is 1.76. The highest BCUT2D eigenvalue weighted by molar-refractivity contribution is 6.20. The Morgan fingerprint density at radius 3 is 0.763 bits per heavy atom. The molecule has 29 nitrogen and oxygen atoms in total. The molecule has 0 saturated carbocycles. The molecule has 29 heteroatoms. The molecule has 3 aromatic carbocycles. The van der Waals surface area contributed by atoms with E-state index in [1.165, 1.54) is 12.1 Å². The molecule has 4 N–H and O–H groups in total. The summed E-state index contributed by atoms with van der Waals surface area (Å²) < 4.78 is 123. The number of benzene rings is 3. The Hall–Kier alpha value is -4.36. The molecule has 0 spiro atoms. The average molecular weight is 1330 g/mol. The molecule has 532 valence electrons. The Kier molecular flexibility index (Phi) is 46.8. The van der Waals surface area contributed by atoms with Crippen LogP contribution in [0, 0.1) is 0 Å². The summed E-state index contributed by atoms with van der Waals surface area (Å²) in [7, 11) is 1.64. The lowest BCUT2D eigenvalue weighted by molar-refractivity contribution is -0.0676. The van der Waals surface area contributed by atoms with E-state index in [4.69, 9.17) is 116 Å². The van der Waals surface area contributed by atoms with Crippen molar-refractivity contribution in [2.75, 3.05) is 289 Å². The standard InChI is InChI=1S/C64H105N3O26/c1-50(67-63(70)57-58(64(67)71)60(66)56-55(59(57)65)61(68)53-7-5-6-8-54(53)62(56)69)47-92-52(3)49-93-51(2)48-91-46-45-90-44-43-89-42-41-88-40-39-87-38-37-86-36-35-85-34-33-84-32-31-83-30-29-82-28-27-81-26-25-80-24-23-79-22-21-78-20-19-77-18-17-76-16-15-75-14-13-74-12-11-73-10-9-72-4/h5-8,50-52H,9-49,65-66H2,1-4H3. The smallest absolute Gasteiger partial charge is 0.264 e. The number of anilines is 2. The van der Waals surface area contributed by atoms with Crippen molar-refractivity contribution in [1.82, 2.24) is 4.57 Å². The number of rotatable bonds is 66. The molecule has 0 bridgehead atoms. The number of hydrogen-bond acceptors (Lipinski definition) is 28. The number of ether oxygens (including phenoxy) is 22. The lowest BCUT2D eigenvalue weighted by Gasteiger charge is -2.20. The number of hydrogen-bond donors (Lipinski definition) is 2. The van der Waals surface area contributed by atoms with Crippen molar-refractivity contribution in [2.45, 2.75) is 39.0 Å². The van der Waals surface area contributed by atoms with Crippen LogP contribution in [0.15, 0.2) is 43.4 Å². The molecule has 3 atom stereocenters. The van der Waals surface area contributed by atoms with Gasteiger partial charge < -0.3 is 116 Å². The van der Waals surface area contributed by atoms with E-state index in [-0.39, 0.29) is 63.0 Å². The van der Waals surface area contributed by atoms with Gasteiger partial charge in [-0.05, 0) is 20.8 Å². The third kappa shape index (κ3) is 34.4. The number of aromatic nitrogens is 1. The van der Waals surface area contributed by atoms with Gasteiger partial charge in [-0.1, -0.05) is 24.3 Å². The maximum absolute atomic E-state index is 13.6. The molecule has 1 heterocycles. The summed E-state index contributed by atoms with van der Waals surface area (Å²) in [6.45, 7) is 23.9. The second kappa shape index (κ2) is 53.7. The monoisotopic (exact) mass is 1330 g/mol. The molecule has 0 saturated heterocycles. The van der Waals surface area contributed by atoms with Crippen molar-refractivity contribution >= 4 is 43.7 Å². The second-order valence-corrected chi connectivity index (χ2v) is 20.7. The zero-order valence-corrected chi connectivity index (χ0v) is 55.2. The third-order valence-electron chi connectivity index (χ3n) is 13.5. The van der Waals surface area contributed by atoms with Gasteiger partial charge in [-0.15, -0.1) is 0 Å². The number of nitrogens with zero attached hydrogens (tertiary/aromatic N) is 1.